The summed E-state index contributed by atoms with van der Waals surface area (Å²) in [5, 5.41) is 14.7. The Bertz CT molecular complexity index is 394. The fourth-order valence-electron chi connectivity index (χ4n) is 1.77. The zero-order valence-electron chi connectivity index (χ0n) is 10.9. The number of nitrogens with one attached hydrogen (secondary N) is 1. The standard InChI is InChI=1S/C13H21N3O2/c1-10(15-9-5-8-13(14)16-17)11-6-3-4-7-12(11)18-2/h3-4,6-7,10,15,17H,5,8-9H2,1-2H3,(H2,14,16)/t10-/m0/s1. The van der Waals surface area contributed by atoms with Crippen molar-refractivity contribution in [1.29, 1.82) is 0 Å². The van der Waals surface area contributed by atoms with E-state index in [9.17, 15) is 0 Å². The number of amidine groups is 1. The van der Waals surface area contributed by atoms with Gasteiger partial charge in [0.1, 0.15) is 11.6 Å². The van der Waals surface area contributed by atoms with Crippen molar-refractivity contribution in [3.63, 3.8) is 0 Å². The second kappa shape index (κ2) is 7.55. The Morgan fingerprint density at radius 2 is 2.22 bits per heavy atom. The van der Waals surface area contributed by atoms with Crippen LogP contribution in [-0.2, 0) is 0 Å². The van der Waals surface area contributed by atoms with Gasteiger partial charge in [-0.3, -0.25) is 0 Å². The minimum Gasteiger partial charge on any atom is -0.496 e. The summed E-state index contributed by atoms with van der Waals surface area (Å²) in [5.41, 5.74) is 6.53. The number of rotatable bonds is 7. The Kier molecular flexibility index (Phi) is 6.00. The number of hydrogen-bond acceptors (Lipinski definition) is 4. The molecule has 4 N–H and O–H groups in total. The summed E-state index contributed by atoms with van der Waals surface area (Å²) in [6.45, 7) is 2.89. The molecule has 0 fully saturated rings. The third-order valence-corrected chi connectivity index (χ3v) is 2.79. The number of ether oxygens (including phenoxy) is 1. The summed E-state index contributed by atoms with van der Waals surface area (Å²) in [4.78, 5) is 0. The van der Waals surface area contributed by atoms with Crippen LogP contribution >= 0.6 is 0 Å². The minimum atomic E-state index is 0.202. The molecule has 0 bridgehead atoms. The number of para-hydroxylation sites is 1. The summed E-state index contributed by atoms with van der Waals surface area (Å²) >= 11 is 0. The molecule has 0 aromatic heterocycles. The number of benzene rings is 1. The molecule has 0 aliphatic rings. The van der Waals surface area contributed by atoms with Gasteiger partial charge in [0.15, 0.2) is 0 Å². The quantitative estimate of drug-likeness (QED) is 0.227. The molecule has 0 aliphatic carbocycles. The van der Waals surface area contributed by atoms with Crippen molar-refractivity contribution in [2.45, 2.75) is 25.8 Å². The summed E-state index contributed by atoms with van der Waals surface area (Å²) in [7, 11) is 1.67. The van der Waals surface area contributed by atoms with Gasteiger partial charge in [0.25, 0.3) is 0 Å². The molecule has 1 atom stereocenters. The van der Waals surface area contributed by atoms with Crippen molar-refractivity contribution in [1.82, 2.24) is 5.32 Å². The minimum absolute atomic E-state index is 0.202. The Morgan fingerprint density at radius 1 is 1.50 bits per heavy atom. The van der Waals surface area contributed by atoms with E-state index in [4.69, 9.17) is 15.7 Å². The van der Waals surface area contributed by atoms with E-state index in [0.717, 1.165) is 24.3 Å². The fraction of sp³-hybridized carbons (Fsp3) is 0.462. The molecule has 1 rings (SSSR count). The smallest absolute Gasteiger partial charge is 0.139 e. The van der Waals surface area contributed by atoms with Crippen LogP contribution in [0.1, 0.15) is 31.4 Å². The Morgan fingerprint density at radius 3 is 2.89 bits per heavy atom. The van der Waals surface area contributed by atoms with Crippen molar-refractivity contribution in [3.05, 3.63) is 29.8 Å². The van der Waals surface area contributed by atoms with E-state index in [1.54, 1.807) is 7.11 Å². The van der Waals surface area contributed by atoms with Gasteiger partial charge in [-0.25, -0.2) is 0 Å². The Balaban J connectivity index is 2.43. The number of nitrogens with two attached hydrogens (primary N) is 1. The van der Waals surface area contributed by atoms with Gasteiger partial charge in [-0.15, -0.1) is 0 Å². The molecule has 0 radical (unpaired) electrons. The molecule has 0 heterocycles. The normalized spacial score (nSPS) is 13.3. The highest BCUT2D eigenvalue weighted by Crippen LogP contribution is 2.24. The molecule has 100 valence electrons. The van der Waals surface area contributed by atoms with Crippen LogP contribution in [0.5, 0.6) is 5.75 Å². The first-order valence-corrected chi connectivity index (χ1v) is 6.01. The van der Waals surface area contributed by atoms with Crippen LogP contribution in [0.2, 0.25) is 0 Å². The van der Waals surface area contributed by atoms with Gasteiger partial charge >= 0.3 is 0 Å². The highest BCUT2D eigenvalue weighted by Gasteiger charge is 2.09. The van der Waals surface area contributed by atoms with E-state index >= 15 is 0 Å². The second-order valence-corrected chi connectivity index (χ2v) is 4.11. The van der Waals surface area contributed by atoms with Gasteiger partial charge in [-0.2, -0.15) is 0 Å². The average Bonchev–Trinajstić information content (AvgIpc) is 2.42. The topological polar surface area (TPSA) is 79.9 Å². The highest BCUT2D eigenvalue weighted by atomic mass is 16.5. The maximum Gasteiger partial charge on any atom is 0.139 e. The zero-order valence-corrected chi connectivity index (χ0v) is 10.9. The fourth-order valence-corrected chi connectivity index (χ4v) is 1.77. The predicted molar refractivity (Wildman–Crippen MR) is 72.1 cm³/mol. The molecular weight excluding hydrogens is 230 g/mol. The largest absolute Gasteiger partial charge is 0.496 e. The monoisotopic (exact) mass is 251 g/mol. The summed E-state index contributed by atoms with van der Waals surface area (Å²) in [6.07, 6.45) is 1.41. The molecule has 0 spiro atoms. The lowest BCUT2D eigenvalue weighted by Crippen LogP contribution is -2.22. The van der Waals surface area contributed by atoms with Gasteiger partial charge in [-0.05, 0) is 26.0 Å². The molecule has 1 aromatic rings. The highest BCUT2D eigenvalue weighted by molar-refractivity contribution is 5.79. The third-order valence-electron chi connectivity index (χ3n) is 2.79. The van der Waals surface area contributed by atoms with Gasteiger partial charge in [0.05, 0.1) is 7.11 Å². The molecular formula is C13H21N3O2. The van der Waals surface area contributed by atoms with Gasteiger partial charge in [0.2, 0.25) is 0 Å². The SMILES string of the molecule is COc1ccccc1[C@H](C)NCCC/C(N)=N/O. The molecule has 0 saturated heterocycles. The molecule has 0 saturated carbocycles. The van der Waals surface area contributed by atoms with Crippen LogP contribution in [-0.4, -0.2) is 24.7 Å². The second-order valence-electron chi connectivity index (χ2n) is 4.11. The van der Waals surface area contributed by atoms with Crippen LogP contribution in [0.3, 0.4) is 0 Å². The third kappa shape index (κ3) is 4.25. The first-order valence-electron chi connectivity index (χ1n) is 6.01. The molecule has 0 amide bonds. The summed E-state index contributed by atoms with van der Waals surface area (Å²) < 4.78 is 5.32. The maximum absolute atomic E-state index is 8.42. The number of hydrogen-bond donors (Lipinski definition) is 3. The van der Waals surface area contributed by atoms with E-state index in [2.05, 4.69) is 17.4 Å². The van der Waals surface area contributed by atoms with Crippen LogP contribution in [0, 0.1) is 0 Å². The summed E-state index contributed by atoms with van der Waals surface area (Å²) in [6, 6.07) is 8.14. The molecule has 5 nitrogen and oxygen atoms in total. The van der Waals surface area contributed by atoms with Crippen molar-refractivity contribution in [2.75, 3.05) is 13.7 Å². The van der Waals surface area contributed by atoms with Crippen LogP contribution in [0.15, 0.2) is 29.4 Å². The first kappa shape index (κ1) is 14.3. The zero-order chi connectivity index (χ0) is 13.4. The molecule has 18 heavy (non-hydrogen) atoms. The van der Waals surface area contributed by atoms with Crippen molar-refractivity contribution < 1.29 is 9.94 Å². The Labute approximate surface area is 108 Å². The van der Waals surface area contributed by atoms with Crippen LogP contribution in [0.25, 0.3) is 0 Å². The summed E-state index contributed by atoms with van der Waals surface area (Å²) in [5.74, 6) is 1.15. The molecule has 1 aromatic carbocycles. The van der Waals surface area contributed by atoms with Gasteiger partial charge in [0, 0.05) is 18.0 Å². The van der Waals surface area contributed by atoms with E-state index in [1.165, 1.54) is 0 Å². The lowest BCUT2D eigenvalue weighted by Gasteiger charge is -2.17. The van der Waals surface area contributed by atoms with E-state index in [-0.39, 0.29) is 11.9 Å². The van der Waals surface area contributed by atoms with E-state index < -0.39 is 0 Å². The van der Waals surface area contributed by atoms with Crippen LogP contribution in [0.4, 0.5) is 0 Å². The van der Waals surface area contributed by atoms with E-state index in [0.29, 0.717) is 6.42 Å². The predicted octanol–water partition coefficient (Wildman–Crippen LogP) is 1.87. The number of methoxy groups -OCH3 is 1. The molecule has 5 heteroatoms. The van der Waals surface area contributed by atoms with Crippen molar-refractivity contribution in [3.8, 4) is 5.75 Å². The first-order chi connectivity index (χ1) is 8.69. The maximum atomic E-state index is 8.42. The van der Waals surface area contributed by atoms with Crippen molar-refractivity contribution >= 4 is 5.84 Å². The van der Waals surface area contributed by atoms with Crippen molar-refractivity contribution in [2.24, 2.45) is 10.9 Å². The number of oxime groups is 1. The lowest BCUT2D eigenvalue weighted by molar-refractivity contribution is 0.316. The Hall–Kier alpha value is -1.75. The van der Waals surface area contributed by atoms with Crippen LogP contribution < -0.4 is 15.8 Å². The molecule has 0 aliphatic heterocycles. The molecule has 0 unspecified atom stereocenters. The number of nitrogens with zero attached hydrogens (tertiary/aromatic N) is 1. The van der Waals surface area contributed by atoms with Gasteiger partial charge in [-0.1, -0.05) is 23.4 Å². The average molecular weight is 251 g/mol. The van der Waals surface area contributed by atoms with E-state index in [1.807, 2.05) is 24.3 Å². The van der Waals surface area contributed by atoms with Gasteiger partial charge < -0.3 is 21.0 Å². The lowest BCUT2D eigenvalue weighted by atomic mass is 10.1.